The van der Waals surface area contributed by atoms with E-state index in [1.54, 1.807) is 6.07 Å². The Morgan fingerprint density at radius 3 is 2.67 bits per heavy atom. The molecule has 0 saturated carbocycles. The van der Waals surface area contributed by atoms with E-state index in [1.165, 1.54) is 6.07 Å². The summed E-state index contributed by atoms with van der Waals surface area (Å²) in [6.07, 6.45) is 0. The fourth-order valence-corrected chi connectivity index (χ4v) is 1.06. The van der Waals surface area contributed by atoms with Crippen LogP contribution in [0.25, 0.3) is 0 Å². The average Bonchev–Trinajstić information content (AvgIpc) is 1.83. The fourth-order valence-electron chi connectivity index (χ4n) is 0.439. The second-order valence-electron chi connectivity index (χ2n) is 1.50. The molecule has 1 N–H and O–H groups in total. The normalized spacial score (nSPS) is 9.56. The Kier molecular flexibility index (Phi) is 1.98. The lowest BCUT2D eigenvalue weighted by Crippen LogP contribution is -1.68. The summed E-state index contributed by atoms with van der Waals surface area (Å²) in [5.41, 5.74) is 0. The summed E-state index contributed by atoms with van der Waals surface area (Å²) in [5, 5.41) is 9.32. The van der Waals surface area contributed by atoms with E-state index in [4.69, 9.17) is 16.7 Å². The first-order chi connectivity index (χ1) is 4.22. The molecule has 3 heteroatoms. The third kappa shape index (κ3) is 1.37. The number of phenols is 1. The molecule has 0 aliphatic heterocycles. The second kappa shape index (κ2) is 2.58. The van der Waals surface area contributed by atoms with Crippen molar-refractivity contribution in [3.8, 4) is 5.75 Å². The fraction of sp³-hybridized carbons (Fsp3) is 0. The Labute approximate surface area is 66.4 Å². The predicted octanol–water partition coefficient (Wildman–Crippen LogP) is 2.61. The van der Waals surface area contributed by atoms with Gasteiger partial charge >= 0.3 is 0 Å². The molecule has 0 aliphatic carbocycles. The highest BCUT2D eigenvalue weighted by Gasteiger charge is 1.99. The molecule has 0 amide bonds. The van der Waals surface area contributed by atoms with E-state index in [9.17, 15) is 0 Å². The summed E-state index contributed by atoms with van der Waals surface area (Å²) in [4.78, 5) is 0. The van der Waals surface area contributed by atoms with E-state index in [2.05, 4.69) is 22.0 Å². The molecule has 1 aromatic rings. The van der Waals surface area contributed by atoms with Crippen LogP contribution in [0.2, 0.25) is 5.02 Å². The van der Waals surface area contributed by atoms with Crippen molar-refractivity contribution in [2.24, 2.45) is 0 Å². The Morgan fingerprint density at radius 1 is 1.56 bits per heavy atom. The molecule has 1 aromatic carbocycles. The van der Waals surface area contributed by atoms with Gasteiger partial charge in [0, 0.05) is 0 Å². The third-order valence-electron chi connectivity index (χ3n) is 0.873. The average molecular weight is 206 g/mol. The second-order valence-corrected chi connectivity index (χ2v) is 2.76. The minimum absolute atomic E-state index is 0.0652. The van der Waals surface area contributed by atoms with Gasteiger partial charge in [-0.3, -0.25) is 0 Å². The van der Waals surface area contributed by atoms with Crippen molar-refractivity contribution in [1.82, 2.24) is 0 Å². The van der Waals surface area contributed by atoms with Crippen molar-refractivity contribution >= 4 is 27.5 Å². The number of phenolic OH excluding ortho intramolecular Hbond substituents is 1. The van der Waals surface area contributed by atoms with Gasteiger partial charge in [0.25, 0.3) is 0 Å². The molecule has 1 radical (unpaired) electrons. The van der Waals surface area contributed by atoms with Crippen LogP contribution in [0.5, 0.6) is 5.75 Å². The van der Waals surface area contributed by atoms with E-state index in [0.717, 1.165) is 0 Å². The topological polar surface area (TPSA) is 20.2 Å². The van der Waals surface area contributed by atoms with Gasteiger partial charge in [-0.1, -0.05) is 11.6 Å². The van der Waals surface area contributed by atoms with Crippen LogP contribution in [0.1, 0.15) is 0 Å². The summed E-state index contributed by atoms with van der Waals surface area (Å²) in [6.45, 7) is 0. The molecule has 9 heavy (non-hydrogen) atoms. The lowest BCUT2D eigenvalue weighted by molar-refractivity contribution is 0.472. The predicted molar refractivity (Wildman–Crippen MR) is 39.7 cm³/mol. The Balaban J connectivity index is 3.25. The van der Waals surface area contributed by atoms with E-state index < -0.39 is 0 Å². The van der Waals surface area contributed by atoms with Gasteiger partial charge in [0.15, 0.2) is 0 Å². The van der Waals surface area contributed by atoms with Crippen LogP contribution < -0.4 is 0 Å². The molecule has 1 nitrogen and oxygen atoms in total. The molecule has 0 heterocycles. The minimum atomic E-state index is 0.0652. The zero-order valence-electron chi connectivity index (χ0n) is 4.36. The summed E-state index contributed by atoms with van der Waals surface area (Å²) < 4.78 is 0.565. The van der Waals surface area contributed by atoms with E-state index in [0.29, 0.717) is 9.50 Å². The molecule has 0 bridgehead atoms. The molecular formula is C6H3BrClO. The zero-order valence-corrected chi connectivity index (χ0v) is 6.70. The molecule has 0 aliphatic rings. The SMILES string of the molecule is Oc1c(Cl)c[c]cc1Br. The number of rotatable bonds is 0. The van der Waals surface area contributed by atoms with Gasteiger partial charge in [-0.15, -0.1) is 0 Å². The van der Waals surface area contributed by atoms with E-state index in [1.807, 2.05) is 0 Å². The first-order valence-corrected chi connectivity index (χ1v) is 3.43. The highest BCUT2D eigenvalue weighted by Crippen LogP contribution is 2.30. The smallest absolute Gasteiger partial charge is 0.148 e. The Bertz CT molecular complexity index is 204. The maximum Gasteiger partial charge on any atom is 0.148 e. The van der Waals surface area contributed by atoms with Crippen LogP contribution in [-0.4, -0.2) is 5.11 Å². The highest BCUT2D eigenvalue weighted by molar-refractivity contribution is 9.10. The third-order valence-corrected chi connectivity index (χ3v) is 1.77. The summed E-state index contributed by atoms with van der Waals surface area (Å²) >= 11 is 8.58. The number of hydrogen-bond acceptors (Lipinski definition) is 1. The molecule has 0 aromatic heterocycles. The van der Waals surface area contributed by atoms with Crippen LogP contribution >= 0.6 is 27.5 Å². The van der Waals surface area contributed by atoms with Crippen LogP contribution in [0.3, 0.4) is 0 Å². The van der Waals surface area contributed by atoms with Crippen LogP contribution in [-0.2, 0) is 0 Å². The van der Waals surface area contributed by atoms with Gasteiger partial charge in [0.2, 0.25) is 0 Å². The molecule has 0 spiro atoms. The van der Waals surface area contributed by atoms with Gasteiger partial charge < -0.3 is 5.11 Å². The maximum atomic E-state index is 9.01. The summed E-state index contributed by atoms with van der Waals surface area (Å²) in [5.74, 6) is 0.0652. The van der Waals surface area contributed by atoms with Crippen molar-refractivity contribution in [2.75, 3.05) is 0 Å². The standard InChI is InChI=1S/C6H3BrClO/c7-4-2-1-3-5(8)6(4)9/h2-3,9H. The van der Waals surface area contributed by atoms with Crippen molar-refractivity contribution in [1.29, 1.82) is 0 Å². The molecule has 1 rings (SSSR count). The van der Waals surface area contributed by atoms with Crippen molar-refractivity contribution in [2.45, 2.75) is 0 Å². The quantitative estimate of drug-likeness (QED) is 0.692. The number of hydrogen-bond donors (Lipinski definition) is 1. The number of aromatic hydroxyl groups is 1. The van der Waals surface area contributed by atoms with Crippen molar-refractivity contribution in [3.63, 3.8) is 0 Å². The first-order valence-electron chi connectivity index (χ1n) is 2.26. The molecule has 0 unspecified atom stereocenters. The van der Waals surface area contributed by atoms with Gasteiger partial charge in [0.1, 0.15) is 5.75 Å². The van der Waals surface area contributed by atoms with Crippen molar-refractivity contribution in [3.05, 3.63) is 27.7 Å². The van der Waals surface area contributed by atoms with Crippen LogP contribution in [0.4, 0.5) is 0 Å². The van der Waals surface area contributed by atoms with Gasteiger partial charge in [-0.2, -0.15) is 0 Å². The lowest BCUT2D eigenvalue weighted by Gasteiger charge is -1.95. The summed E-state index contributed by atoms with van der Waals surface area (Å²) in [7, 11) is 0. The molecule has 0 atom stereocenters. The number of benzene rings is 1. The van der Waals surface area contributed by atoms with Gasteiger partial charge in [-0.05, 0) is 34.1 Å². The monoisotopic (exact) mass is 205 g/mol. The molecule has 47 valence electrons. The number of halogens is 2. The molecule has 0 saturated heterocycles. The van der Waals surface area contributed by atoms with Gasteiger partial charge in [-0.25, -0.2) is 0 Å². The van der Waals surface area contributed by atoms with Crippen LogP contribution in [0.15, 0.2) is 16.6 Å². The lowest BCUT2D eigenvalue weighted by atomic mass is 10.3. The maximum absolute atomic E-state index is 9.01. The van der Waals surface area contributed by atoms with Crippen molar-refractivity contribution < 1.29 is 5.11 Å². The highest BCUT2D eigenvalue weighted by atomic mass is 79.9. The van der Waals surface area contributed by atoms with E-state index >= 15 is 0 Å². The molecular weight excluding hydrogens is 203 g/mol. The minimum Gasteiger partial charge on any atom is -0.505 e. The Hall–Kier alpha value is -0.210. The zero-order chi connectivity index (χ0) is 6.85. The van der Waals surface area contributed by atoms with Crippen LogP contribution in [0, 0.1) is 6.07 Å². The Morgan fingerprint density at radius 2 is 2.22 bits per heavy atom. The summed E-state index contributed by atoms with van der Waals surface area (Å²) in [6, 6.07) is 5.83. The molecule has 0 fully saturated rings. The van der Waals surface area contributed by atoms with E-state index in [-0.39, 0.29) is 5.75 Å². The van der Waals surface area contributed by atoms with Gasteiger partial charge in [0.05, 0.1) is 9.50 Å². The largest absolute Gasteiger partial charge is 0.505 e. The first kappa shape index (κ1) is 6.90.